The number of hydrogen-bond acceptors (Lipinski definition) is 5. The van der Waals surface area contributed by atoms with Crippen LogP contribution in [0.5, 0.6) is 0 Å². The minimum atomic E-state index is -0.989. The lowest BCUT2D eigenvalue weighted by Gasteiger charge is -2.24. The second-order valence-electron chi connectivity index (χ2n) is 4.97. The summed E-state index contributed by atoms with van der Waals surface area (Å²) in [5.41, 5.74) is -1.98. The molecule has 104 valence electrons. The number of amides is 6. The van der Waals surface area contributed by atoms with Gasteiger partial charge in [0.05, 0.1) is 0 Å². The fourth-order valence-electron chi connectivity index (χ4n) is 1.82. The topological polar surface area (TPSA) is 116 Å². The van der Waals surface area contributed by atoms with E-state index in [2.05, 4.69) is 21.3 Å². The number of rotatable bonds is 4. The van der Waals surface area contributed by atoms with Gasteiger partial charge in [-0.25, -0.2) is 9.59 Å². The van der Waals surface area contributed by atoms with Crippen molar-refractivity contribution in [3.8, 4) is 0 Å². The molecule has 6 amide bonds. The number of nitrogens with one attached hydrogen (secondary N) is 4. The van der Waals surface area contributed by atoms with E-state index in [9.17, 15) is 19.2 Å². The number of thioether (sulfide) groups is 1. The molecular formula is C10H14N4O4S. The Morgan fingerprint density at radius 2 is 1.21 bits per heavy atom. The lowest BCUT2D eigenvalue weighted by molar-refractivity contribution is -0.123. The quantitative estimate of drug-likeness (QED) is 0.490. The van der Waals surface area contributed by atoms with Gasteiger partial charge in [-0.2, -0.15) is 11.8 Å². The first-order valence-electron chi connectivity index (χ1n) is 5.60. The number of imide groups is 2. The summed E-state index contributed by atoms with van der Waals surface area (Å²) in [5, 5.41) is 9.38. The normalized spacial score (nSPS) is 33.8. The maximum atomic E-state index is 11.6. The number of carbonyl (C=O) groups is 4. The Balaban J connectivity index is 1.90. The molecule has 0 aliphatic carbocycles. The molecule has 0 bridgehead atoms. The van der Waals surface area contributed by atoms with Crippen LogP contribution in [0.15, 0.2) is 0 Å². The summed E-state index contributed by atoms with van der Waals surface area (Å²) in [6.07, 6.45) is 0. The van der Waals surface area contributed by atoms with Crippen LogP contribution in [0, 0.1) is 0 Å². The average Bonchev–Trinajstić information content (AvgIpc) is 2.65. The Morgan fingerprint density at radius 3 is 1.47 bits per heavy atom. The van der Waals surface area contributed by atoms with Crippen LogP contribution in [0.1, 0.15) is 13.8 Å². The molecule has 2 aliphatic heterocycles. The summed E-state index contributed by atoms with van der Waals surface area (Å²) in [6, 6.07) is -1.04. The van der Waals surface area contributed by atoms with E-state index in [1.165, 1.54) is 11.8 Å². The van der Waals surface area contributed by atoms with Crippen molar-refractivity contribution in [3.63, 3.8) is 0 Å². The highest BCUT2D eigenvalue weighted by molar-refractivity contribution is 7.99. The van der Waals surface area contributed by atoms with Crippen molar-refractivity contribution in [2.24, 2.45) is 0 Å². The maximum Gasteiger partial charge on any atom is 0.322 e. The molecule has 2 rings (SSSR count). The van der Waals surface area contributed by atoms with Crippen molar-refractivity contribution in [3.05, 3.63) is 0 Å². The largest absolute Gasteiger partial charge is 0.323 e. The van der Waals surface area contributed by atoms with Crippen molar-refractivity contribution in [1.82, 2.24) is 21.3 Å². The van der Waals surface area contributed by atoms with Crippen LogP contribution in [0.2, 0.25) is 0 Å². The fraction of sp³-hybridized carbons (Fsp3) is 0.600. The minimum Gasteiger partial charge on any atom is -0.323 e. The maximum absolute atomic E-state index is 11.6. The molecule has 2 saturated heterocycles. The highest BCUT2D eigenvalue weighted by atomic mass is 32.2. The van der Waals surface area contributed by atoms with Crippen molar-refractivity contribution in [2.45, 2.75) is 24.9 Å². The molecule has 2 fully saturated rings. The van der Waals surface area contributed by atoms with Crippen LogP contribution in [0.25, 0.3) is 0 Å². The highest BCUT2D eigenvalue weighted by Gasteiger charge is 2.45. The molecule has 2 heterocycles. The molecule has 0 aromatic heterocycles. The molecule has 0 aromatic carbocycles. The summed E-state index contributed by atoms with van der Waals surface area (Å²) < 4.78 is 0. The van der Waals surface area contributed by atoms with Gasteiger partial charge in [0.2, 0.25) is 0 Å². The van der Waals surface area contributed by atoms with Gasteiger partial charge in [0.1, 0.15) is 11.1 Å². The molecule has 19 heavy (non-hydrogen) atoms. The van der Waals surface area contributed by atoms with Gasteiger partial charge < -0.3 is 10.6 Å². The predicted molar refractivity (Wildman–Crippen MR) is 67.5 cm³/mol. The first-order chi connectivity index (χ1) is 8.75. The summed E-state index contributed by atoms with van der Waals surface area (Å²) in [4.78, 5) is 45.3. The van der Waals surface area contributed by atoms with Crippen molar-refractivity contribution < 1.29 is 19.2 Å². The Bertz CT molecular complexity index is 440. The predicted octanol–water partition coefficient (Wildman–Crippen LogP) is -1.08. The summed E-state index contributed by atoms with van der Waals surface area (Å²) >= 11 is 1.31. The van der Waals surface area contributed by atoms with E-state index in [0.717, 1.165) is 0 Å². The first-order valence-corrected chi connectivity index (χ1v) is 6.76. The van der Waals surface area contributed by atoms with Crippen LogP contribution in [-0.2, 0) is 9.59 Å². The van der Waals surface area contributed by atoms with Crippen LogP contribution >= 0.6 is 11.8 Å². The second kappa shape index (κ2) is 4.41. The number of urea groups is 2. The molecule has 0 saturated carbocycles. The zero-order valence-electron chi connectivity index (χ0n) is 10.5. The van der Waals surface area contributed by atoms with E-state index < -0.39 is 35.0 Å². The number of carbonyl (C=O) groups excluding carboxylic acids is 4. The van der Waals surface area contributed by atoms with Gasteiger partial charge in [-0.05, 0) is 13.8 Å². The molecule has 2 unspecified atom stereocenters. The van der Waals surface area contributed by atoms with E-state index in [-0.39, 0.29) is 0 Å². The minimum absolute atomic E-state index is 0.309. The van der Waals surface area contributed by atoms with Gasteiger partial charge in [-0.1, -0.05) is 0 Å². The van der Waals surface area contributed by atoms with Crippen LogP contribution in [-0.4, -0.2) is 46.5 Å². The molecule has 4 N–H and O–H groups in total. The van der Waals surface area contributed by atoms with Gasteiger partial charge in [-0.3, -0.25) is 20.2 Å². The first kappa shape index (κ1) is 13.7. The summed E-state index contributed by atoms with van der Waals surface area (Å²) in [6.45, 7) is 3.21. The molecule has 9 heteroatoms. The third-order valence-corrected chi connectivity index (χ3v) is 4.58. The Hall–Kier alpha value is -1.77. The zero-order chi connectivity index (χ0) is 14.3. The van der Waals surface area contributed by atoms with E-state index >= 15 is 0 Å². The summed E-state index contributed by atoms with van der Waals surface area (Å²) in [5.74, 6) is -0.169. The molecule has 8 nitrogen and oxygen atoms in total. The van der Waals surface area contributed by atoms with E-state index in [0.29, 0.717) is 11.5 Å². The molecule has 2 atom stereocenters. The van der Waals surface area contributed by atoms with Gasteiger partial charge in [0, 0.05) is 11.5 Å². The van der Waals surface area contributed by atoms with Gasteiger partial charge >= 0.3 is 12.1 Å². The lowest BCUT2D eigenvalue weighted by Crippen LogP contribution is -2.49. The smallest absolute Gasteiger partial charge is 0.322 e. The Kier molecular flexibility index (Phi) is 3.17. The average molecular weight is 286 g/mol. The zero-order valence-corrected chi connectivity index (χ0v) is 11.3. The fourth-order valence-corrected chi connectivity index (χ4v) is 3.15. The van der Waals surface area contributed by atoms with Crippen LogP contribution in [0.4, 0.5) is 9.59 Å². The lowest BCUT2D eigenvalue weighted by atomic mass is 10.1. The van der Waals surface area contributed by atoms with Gasteiger partial charge in [-0.15, -0.1) is 0 Å². The highest BCUT2D eigenvalue weighted by Crippen LogP contribution is 2.22. The summed E-state index contributed by atoms with van der Waals surface area (Å²) in [7, 11) is 0. The monoisotopic (exact) mass is 286 g/mol. The molecule has 0 aromatic rings. The molecular weight excluding hydrogens is 272 g/mol. The standard InChI is InChI=1S/C10H14N4O4S/c1-9(5(15)11-7(17)13-9)3-19-4-10(2)6(16)12-8(18)14-10/h3-4H2,1-2H3,(H2,11,13,15,17)(H2,12,14,16,18). The van der Waals surface area contributed by atoms with E-state index in [4.69, 9.17) is 0 Å². The van der Waals surface area contributed by atoms with Gasteiger partial charge in [0.15, 0.2) is 0 Å². The molecule has 0 spiro atoms. The van der Waals surface area contributed by atoms with Gasteiger partial charge in [0.25, 0.3) is 11.8 Å². The van der Waals surface area contributed by atoms with Crippen molar-refractivity contribution >= 4 is 35.6 Å². The third-order valence-electron chi connectivity index (χ3n) is 3.02. The SMILES string of the molecule is CC1(CSCC2(C)NC(=O)NC2=O)NC(=O)NC1=O. The molecule has 0 radical (unpaired) electrons. The van der Waals surface area contributed by atoms with Crippen LogP contribution in [0.3, 0.4) is 0 Å². The second-order valence-corrected chi connectivity index (χ2v) is 5.96. The third kappa shape index (κ3) is 2.50. The Labute approximate surface area is 113 Å². The molecule has 2 aliphatic rings. The number of hydrogen-bond donors (Lipinski definition) is 4. The van der Waals surface area contributed by atoms with E-state index in [1.54, 1.807) is 13.8 Å². The van der Waals surface area contributed by atoms with Crippen LogP contribution < -0.4 is 21.3 Å². The van der Waals surface area contributed by atoms with Crippen molar-refractivity contribution in [1.29, 1.82) is 0 Å². The van der Waals surface area contributed by atoms with Crippen molar-refractivity contribution in [2.75, 3.05) is 11.5 Å². The Morgan fingerprint density at radius 1 is 0.842 bits per heavy atom. The van der Waals surface area contributed by atoms with E-state index in [1.807, 2.05) is 0 Å².